The van der Waals surface area contributed by atoms with Crippen LogP contribution in [0.1, 0.15) is 11.4 Å². The number of rotatable bonds is 9. The smallest absolute Gasteiger partial charge is 0.243 e. The highest BCUT2D eigenvalue weighted by Crippen LogP contribution is 2.23. The van der Waals surface area contributed by atoms with Gasteiger partial charge in [0.25, 0.3) is 0 Å². The number of amides is 1. The number of benzene rings is 1. The first-order valence-electron chi connectivity index (χ1n) is 11.0. The van der Waals surface area contributed by atoms with E-state index in [0.717, 1.165) is 18.3 Å². The lowest BCUT2D eigenvalue weighted by molar-refractivity contribution is -0.130. The van der Waals surface area contributed by atoms with Gasteiger partial charge in [0.05, 0.1) is 11.9 Å². The van der Waals surface area contributed by atoms with Crippen molar-refractivity contribution in [2.45, 2.75) is 6.61 Å². The normalized spacial score (nSPS) is 13.9. The minimum Gasteiger partial charge on any atom is -0.482 e. The maximum atomic E-state index is 14.8. The zero-order valence-electron chi connectivity index (χ0n) is 19.0. The molecule has 0 saturated carbocycles. The summed E-state index contributed by atoms with van der Waals surface area (Å²) in [7, 11) is 0. The molecule has 0 radical (unpaired) electrons. The molecule has 2 aromatic heterocycles. The van der Waals surface area contributed by atoms with Crippen LogP contribution in [0.2, 0.25) is 0 Å². The number of hydrogen-bond acceptors (Lipinski definition) is 9. The summed E-state index contributed by atoms with van der Waals surface area (Å²) in [4.78, 5) is 17.9. The number of aromatic amines is 1. The van der Waals surface area contributed by atoms with E-state index in [1.54, 1.807) is 34.0 Å². The Morgan fingerprint density at radius 3 is 2.83 bits per heavy atom. The van der Waals surface area contributed by atoms with Crippen molar-refractivity contribution in [1.82, 2.24) is 35.4 Å². The minimum absolute atomic E-state index is 0.131. The first-order valence-corrected chi connectivity index (χ1v) is 11.4. The average molecular weight is 516 g/mol. The summed E-state index contributed by atoms with van der Waals surface area (Å²) in [5.41, 5.74) is 2.74. The average Bonchev–Trinajstić information content (AvgIpc) is 3.28. The SMILES string of the molecule is N=C/C(=N\NCC(=O)N1CCNCC1)c1cc(F)c(OCc2n[nH]c(=S)n2-c2cccnc2)cc1F. The summed E-state index contributed by atoms with van der Waals surface area (Å²) in [5, 5.41) is 21.3. The number of carbonyl (C=O) groups is 1. The summed E-state index contributed by atoms with van der Waals surface area (Å²) >= 11 is 5.24. The van der Waals surface area contributed by atoms with Crippen LogP contribution >= 0.6 is 12.2 Å². The maximum absolute atomic E-state index is 14.8. The molecular weight excluding hydrogens is 492 g/mol. The molecule has 1 aliphatic rings. The van der Waals surface area contributed by atoms with E-state index in [0.29, 0.717) is 42.5 Å². The molecule has 4 rings (SSSR count). The van der Waals surface area contributed by atoms with E-state index in [2.05, 4.69) is 31.0 Å². The highest BCUT2D eigenvalue weighted by atomic mass is 32.1. The van der Waals surface area contributed by atoms with Crippen LogP contribution in [0.25, 0.3) is 5.69 Å². The van der Waals surface area contributed by atoms with Gasteiger partial charge in [0.1, 0.15) is 24.7 Å². The van der Waals surface area contributed by atoms with Crippen LogP contribution in [0.4, 0.5) is 8.78 Å². The van der Waals surface area contributed by atoms with Gasteiger partial charge in [-0.25, -0.2) is 8.78 Å². The van der Waals surface area contributed by atoms with Crippen LogP contribution in [0, 0.1) is 21.8 Å². The third-order valence-electron chi connectivity index (χ3n) is 5.34. The quantitative estimate of drug-likeness (QED) is 0.193. The number of carbonyl (C=O) groups excluding carboxylic acids is 1. The fourth-order valence-corrected chi connectivity index (χ4v) is 3.80. The Bertz CT molecular complexity index is 1320. The number of hydrazone groups is 1. The molecule has 3 heterocycles. The molecule has 11 nitrogen and oxygen atoms in total. The summed E-state index contributed by atoms with van der Waals surface area (Å²) in [6.45, 7) is 2.23. The first kappa shape index (κ1) is 25.1. The van der Waals surface area contributed by atoms with Crippen molar-refractivity contribution in [2.75, 3.05) is 32.7 Å². The van der Waals surface area contributed by atoms with E-state index in [-0.39, 0.29) is 36.1 Å². The Morgan fingerprint density at radius 1 is 1.31 bits per heavy atom. The van der Waals surface area contributed by atoms with Gasteiger partial charge in [-0.05, 0) is 30.4 Å². The van der Waals surface area contributed by atoms with Crippen molar-refractivity contribution in [3.8, 4) is 11.4 Å². The summed E-state index contributed by atoms with van der Waals surface area (Å²) in [6, 6.07) is 5.24. The van der Waals surface area contributed by atoms with Crippen LogP contribution in [0.5, 0.6) is 5.75 Å². The number of nitrogens with zero attached hydrogens (tertiary/aromatic N) is 5. The molecule has 0 spiro atoms. The molecule has 3 aromatic rings. The number of halogens is 2. The highest BCUT2D eigenvalue weighted by Gasteiger charge is 2.18. The van der Waals surface area contributed by atoms with Crippen LogP contribution < -0.4 is 15.5 Å². The molecule has 1 aromatic carbocycles. The molecule has 1 aliphatic heterocycles. The van der Waals surface area contributed by atoms with Crippen molar-refractivity contribution in [2.24, 2.45) is 5.10 Å². The van der Waals surface area contributed by atoms with Gasteiger partial charge in [-0.1, -0.05) is 0 Å². The summed E-state index contributed by atoms with van der Waals surface area (Å²) in [6.07, 6.45) is 3.95. The third kappa shape index (κ3) is 5.78. The van der Waals surface area contributed by atoms with Gasteiger partial charge in [-0.15, -0.1) is 0 Å². The standard InChI is InChI=1S/C22H23F2N9O2S/c23-16-9-19(35-13-20-30-31-22(36)33(20)14-2-1-3-27-11-14)17(24)8-15(16)18(10-25)29-28-12-21(34)32-6-4-26-5-7-32/h1-3,8-11,25-26,28H,4-7,12-13H2,(H,31,36)/b25-10?,29-18+. The fourth-order valence-electron chi connectivity index (χ4n) is 3.55. The lowest BCUT2D eigenvalue weighted by Gasteiger charge is -2.27. The molecule has 14 heteroatoms. The van der Waals surface area contributed by atoms with Gasteiger partial charge in [-0.3, -0.25) is 24.9 Å². The van der Waals surface area contributed by atoms with Gasteiger partial charge in [0.2, 0.25) is 5.91 Å². The Labute approximate surface area is 209 Å². The van der Waals surface area contributed by atoms with E-state index in [4.69, 9.17) is 22.4 Å². The second kappa shape index (κ2) is 11.6. The number of pyridine rings is 1. The predicted octanol–water partition coefficient (Wildman–Crippen LogP) is 1.56. The summed E-state index contributed by atoms with van der Waals surface area (Å²) < 4.78 is 36.9. The maximum Gasteiger partial charge on any atom is 0.243 e. The number of hydrogen-bond donors (Lipinski definition) is 4. The molecule has 4 N–H and O–H groups in total. The van der Waals surface area contributed by atoms with Crippen molar-refractivity contribution in [3.05, 3.63) is 64.5 Å². The predicted molar refractivity (Wildman–Crippen MR) is 130 cm³/mol. The number of aromatic nitrogens is 4. The van der Waals surface area contributed by atoms with E-state index < -0.39 is 11.6 Å². The van der Waals surface area contributed by atoms with Crippen molar-refractivity contribution in [3.63, 3.8) is 0 Å². The van der Waals surface area contributed by atoms with E-state index in [1.807, 2.05) is 0 Å². The Morgan fingerprint density at radius 2 is 2.11 bits per heavy atom. The molecule has 1 saturated heterocycles. The fraction of sp³-hybridized carbons (Fsp3) is 0.273. The Balaban J connectivity index is 1.45. The van der Waals surface area contributed by atoms with Crippen molar-refractivity contribution < 1.29 is 18.3 Å². The molecule has 0 atom stereocenters. The number of nitrogens with one attached hydrogen (secondary N) is 4. The summed E-state index contributed by atoms with van der Waals surface area (Å²) in [5.74, 6) is -1.91. The third-order valence-corrected chi connectivity index (χ3v) is 5.61. The largest absolute Gasteiger partial charge is 0.482 e. The van der Waals surface area contributed by atoms with Crippen LogP contribution in [-0.4, -0.2) is 75.2 Å². The zero-order valence-corrected chi connectivity index (χ0v) is 19.8. The number of ether oxygens (including phenoxy) is 1. The van der Waals surface area contributed by atoms with Crippen LogP contribution in [0.3, 0.4) is 0 Å². The minimum atomic E-state index is -0.861. The number of H-pyrrole nitrogens is 1. The molecule has 188 valence electrons. The van der Waals surface area contributed by atoms with Gasteiger partial charge in [-0.2, -0.15) is 10.2 Å². The van der Waals surface area contributed by atoms with Gasteiger partial charge in [0.15, 0.2) is 22.2 Å². The topological polar surface area (TPSA) is 136 Å². The molecule has 0 unspecified atom stereocenters. The van der Waals surface area contributed by atoms with Crippen molar-refractivity contribution in [1.29, 1.82) is 5.41 Å². The molecule has 0 aliphatic carbocycles. The number of piperazine rings is 1. The van der Waals surface area contributed by atoms with Gasteiger partial charge >= 0.3 is 0 Å². The van der Waals surface area contributed by atoms with E-state index in [9.17, 15) is 13.6 Å². The van der Waals surface area contributed by atoms with Crippen molar-refractivity contribution >= 4 is 30.1 Å². The van der Waals surface area contributed by atoms with E-state index >= 15 is 0 Å². The second-order valence-electron chi connectivity index (χ2n) is 7.65. The van der Waals surface area contributed by atoms with Gasteiger partial charge < -0.3 is 20.4 Å². The second-order valence-corrected chi connectivity index (χ2v) is 8.04. The Kier molecular flexibility index (Phi) is 8.07. The first-order chi connectivity index (χ1) is 17.5. The van der Waals surface area contributed by atoms with E-state index in [1.165, 1.54) is 0 Å². The molecule has 36 heavy (non-hydrogen) atoms. The van der Waals surface area contributed by atoms with Gasteiger partial charge in [0, 0.05) is 50.2 Å². The van der Waals surface area contributed by atoms with Crippen LogP contribution in [-0.2, 0) is 11.4 Å². The lowest BCUT2D eigenvalue weighted by atomic mass is 10.1. The molecular formula is C22H23F2N9O2S. The van der Waals surface area contributed by atoms with Crippen LogP contribution in [0.15, 0.2) is 41.8 Å². The highest BCUT2D eigenvalue weighted by molar-refractivity contribution is 7.71. The molecule has 1 amide bonds. The molecule has 0 bridgehead atoms. The lowest BCUT2D eigenvalue weighted by Crippen LogP contribution is -2.48. The molecule has 1 fully saturated rings. The monoisotopic (exact) mass is 515 g/mol. The zero-order chi connectivity index (χ0) is 25.5. The Hall–Kier alpha value is -4.04.